The minimum atomic E-state index is -0.400. The minimum absolute atomic E-state index is 0.00332. The highest BCUT2D eigenvalue weighted by molar-refractivity contribution is 6.19. The normalized spacial score (nSPS) is 12.2. The number of hydrogen-bond acceptors (Lipinski definition) is 6. The van der Waals surface area contributed by atoms with Crippen molar-refractivity contribution in [3.63, 3.8) is 0 Å². The first-order chi connectivity index (χ1) is 9.51. The Kier molecular flexibility index (Phi) is 11.3. The highest BCUT2D eigenvalue weighted by Crippen LogP contribution is 1.97. The van der Waals surface area contributed by atoms with Gasteiger partial charge in [-0.15, -0.1) is 0 Å². The summed E-state index contributed by atoms with van der Waals surface area (Å²) >= 11 is 0. The topological polar surface area (TPSA) is 102 Å². The maximum absolute atomic E-state index is 11.5. The van der Waals surface area contributed by atoms with E-state index in [9.17, 15) is 9.59 Å². The lowest BCUT2D eigenvalue weighted by molar-refractivity contribution is -0.133. The molecule has 0 aromatic rings. The van der Waals surface area contributed by atoms with Crippen LogP contribution in [0, 0.1) is 0 Å². The molecule has 0 unspecified atom stereocenters. The molecule has 20 heavy (non-hydrogen) atoms. The molecule has 0 heterocycles. The van der Waals surface area contributed by atoms with Crippen LogP contribution in [0.3, 0.4) is 0 Å². The summed E-state index contributed by atoms with van der Waals surface area (Å²) in [4.78, 5) is 23.9. The van der Waals surface area contributed by atoms with Gasteiger partial charge in [0.1, 0.15) is 5.78 Å². The van der Waals surface area contributed by atoms with Crippen LogP contribution in [0.5, 0.6) is 0 Å². The number of aliphatic hydroxyl groups excluding tert-OH is 1. The fourth-order valence-corrected chi connectivity index (χ4v) is 1.51. The third-order valence-corrected chi connectivity index (χ3v) is 2.34. The number of carbonyl (C=O) groups is 2. The van der Waals surface area contributed by atoms with E-state index in [1.807, 2.05) is 0 Å². The van der Waals surface area contributed by atoms with Crippen molar-refractivity contribution < 1.29 is 24.2 Å². The SMILES string of the molecule is [B]CC(=O)N(CC(C)=O)C[C@@H](N)COCCOCCO. The Morgan fingerprint density at radius 3 is 2.50 bits per heavy atom. The molecule has 3 N–H and O–H groups in total. The molecule has 0 fully saturated rings. The van der Waals surface area contributed by atoms with Crippen molar-refractivity contribution in [1.29, 1.82) is 0 Å². The molecule has 0 bridgehead atoms. The summed E-state index contributed by atoms with van der Waals surface area (Å²) in [6, 6.07) is -0.400. The van der Waals surface area contributed by atoms with Gasteiger partial charge in [-0.05, 0) is 13.2 Å². The van der Waals surface area contributed by atoms with Crippen molar-refractivity contribution in [3.8, 4) is 0 Å². The van der Waals surface area contributed by atoms with E-state index in [1.54, 1.807) is 0 Å². The molecule has 0 saturated heterocycles. The fourth-order valence-electron chi connectivity index (χ4n) is 1.51. The molecule has 0 aliphatic heterocycles. The Morgan fingerprint density at radius 2 is 1.95 bits per heavy atom. The van der Waals surface area contributed by atoms with Gasteiger partial charge in [0.05, 0.1) is 47.4 Å². The van der Waals surface area contributed by atoms with Crippen molar-refractivity contribution >= 4 is 19.5 Å². The average Bonchev–Trinajstić information content (AvgIpc) is 2.40. The highest BCUT2D eigenvalue weighted by Gasteiger charge is 2.16. The smallest absolute Gasteiger partial charge is 0.214 e. The van der Waals surface area contributed by atoms with E-state index in [2.05, 4.69) is 0 Å². The summed E-state index contributed by atoms with van der Waals surface area (Å²) in [6.07, 6.45) is -0.157. The highest BCUT2D eigenvalue weighted by atomic mass is 16.5. The first kappa shape index (κ1) is 19.0. The zero-order chi connectivity index (χ0) is 15.4. The minimum Gasteiger partial charge on any atom is -0.394 e. The second-order valence-corrected chi connectivity index (χ2v) is 4.35. The Morgan fingerprint density at radius 1 is 1.30 bits per heavy atom. The molecular weight excluding hydrogens is 263 g/mol. The third-order valence-electron chi connectivity index (χ3n) is 2.34. The first-order valence-electron chi connectivity index (χ1n) is 6.50. The second kappa shape index (κ2) is 11.8. The third kappa shape index (κ3) is 9.91. The van der Waals surface area contributed by atoms with E-state index in [4.69, 9.17) is 28.2 Å². The van der Waals surface area contributed by atoms with Crippen LogP contribution in [0.2, 0.25) is 6.32 Å². The lowest BCUT2D eigenvalue weighted by Crippen LogP contribution is -2.45. The number of rotatable bonds is 12. The molecule has 8 heteroatoms. The number of nitrogens with two attached hydrogens (primary N) is 1. The van der Waals surface area contributed by atoms with Gasteiger partial charge in [0.2, 0.25) is 5.91 Å². The van der Waals surface area contributed by atoms with Gasteiger partial charge in [-0.2, -0.15) is 0 Å². The maximum Gasteiger partial charge on any atom is 0.214 e. The van der Waals surface area contributed by atoms with Crippen LogP contribution < -0.4 is 5.73 Å². The van der Waals surface area contributed by atoms with Crippen LogP contribution in [0.15, 0.2) is 0 Å². The van der Waals surface area contributed by atoms with Crippen molar-refractivity contribution in [3.05, 3.63) is 0 Å². The number of ketones is 1. The number of Topliss-reactive ketones (excluding diaryl/α,β-unsaturated/α-hetero) is 1. The summed E-state index contributed by atoms with van der Waals surface area (Å²) in [7, 11) is 5.28. The van der Waals surface area contributed by atoms with E-state index in [1.165, 1.54) is 11.8 Å². The number of carbonyl (C=O) groups excluding carboxylic acids is 2. The molecule has 2 radical (unpaired) electrons. The van der Waals surface area contributed by atoms with Gasteiger partial charge in [-0.3, -0.25) is 9.59 Å². The van der Waals surface area contributed by atoms with Crippen LogP contribution in [0.1, 0.15) is 6.92 Å². The predicted octanol–water partition coefficient (Wildman–Crippen LogP) is -1.66. The molecule has 114 valence electrons. The van der Waals surface area contributed by atoms with E-state index >= 15 is 0 Å². The molecule has 1 atom stereocenters. The zero-order valence-electron chi connectivity index (χ0n) is 11.9. The van der Waals surface area contributed by atoms with E-state index in [-0.39, 0.29) is 50.9 Å². The Bertz CT molecular complexity index is 291. The Balaban J connectivity index is 3.91. The van der Waals surface area contributed by atoms with Gasteiger partial charge in [0.15, 0.2) is 0 Å². The van der Waals surface area contributed by atoms with Gasteiger partial charge < -0.3 is 25.2 Å². The average molecular weight is 286 g/mol. The predicted molar refractivity (Wildman–Crippen MR) is 74.5 cm³/mol. The largest absolute Gasteiger partial charge is 0.394 e. The van der Waals surface area contributed by atoms with Crippen molar-refractivity contribution in [2.24, 2.45) is 5.73 Å². The molecule has 0 aromatic heterocycles. The van der Waals surface area contributed by atoms with Gasteiger partial charge in [0.25, 0.3) is 0 Å². The van der Waals surface area contributed by atoms with Crippen LogP contribution in [-0.2, 0) is 19.1 Å². The summed E-state index contributed by atoms with van der Waals surface area (Å²) in [6.45, 7) is 2.83. The Labute approximate surface area is 120 Å². The molecule has 0 aliphatic carbocycles. The molecule has 0 rings (SSSR count). The van der Waals surface area contributed by atoms with Gasteiger partial charge in [-0.25, -0.2) is 0 Å². The number of hydrogen-bond donors (Lipinski definition) is 2. The van der Waals surface area contributed by atoms with Crippen LogP contribution >= 0.6 is 0 Å². The molecule has 0 aliphatic rings. The van der Waals surface area contributed by atoms with Gasteiger partial charge >= 0.3 is 0 Å². The van der Waals surface area contributed by atoms with Crippen molar-refractivity contribution in [1.82, 2.24) is 4.90 Å². The summed E-state index contributed by atoms with van der Waals surface area (Å²) in [5, 5.41) is 8.50. The molecule has 1 amide bonds. The fraction of sp³-hybridized carbons (Fsp3) is 0.833. The number of ether oxygens (including phenoxy) is 2. The van der Waals surface area contributed by atoms with E-state index < -0.39 is 6.04 Å². The number of amides is 1. The summed E-state index contributed by atoms with van der Waals surface area (Å²) < 4.78 is 10.3. The molecule has 7 nitrogen and oxygen atoms in total. The summed E-state index contributed by atoms with van der Waals surface area (Å²) in [5.41, 5.74) is 5.83. The first-order valence-corrected chi connectivity index (χ1v) is 6.50. The molecule has 0 spiro atoms. The van der Waals surface area contributed by atoms with Crippen LogP contribution in [-0.4, -0.2) is 81.7 Å². The van der Waals surface area contributed by atoms with Crippen LogP contribution in [0.4, 0.5) is 0 Å². The van der Waals surface area contributed by atoms with Gasteiger partial charge in [0, 0.05) is 12.6 Å². The maximum atomic E-state index is 11.5. The van der Waals surface area contributed by atoms with Crippen molar-refractivity contribution in [2.75, 3.05) is 46.1 Å². The number of aliphatic hydroxyl groups is 1. The summed E-state index contributed by atoms with van der Waals surface area (Å²) in [5.74, 6) is -0.445. The second-order valence-electron chi connectivity index (χ2n) is 4.35. The molecule has 0 aromatic carbocycles. The Hall–Kier alpha value is -0.955. The van der Waals surface area contributed by atoms with E-state index in [0.29, 0.717) is 13.2 Å². The van der Waals surface area contributed by atoms with Crippen molar-refractivity contribution in [2.45, 2.75) is 19.3 Å². The lowest BCUT2D eigenvalue weighted by atomic mass is 10.0. The lowest BCUT2D eigenvalue weighted by Gasteiger charge is -2.24. The quantitative estimate of drug-likeness (QED) is 0.329. The molecule has 0 saturated carbocycles. The monoisotopic (exact) mass is 286 g/mol. The zero-order valence-corrected chi connectivity index (χ0v) is 11.9. The van der Waals surface area contributed by atoms with Gasteiger partial charge in [-0.1, -0.05) is 0 Å². The number of nitrogens with zero attached hydrogens (tertiary/aromatic N) is 1. The van der Waals surface area contributed by atoms with E-state index in [0.717, 1.165) is 0 Å². The molecular formula is C12H23BN2O5. The van der Waals surface area contributed by atoms with Crippen LogP contribution in [0.25, 0.3) is 0 Å². The standard InChI is InChI=1S/C12H23BN2O5/c1-10(17)7-15(12(18)6-13)8-11(14)9-20-5-4-19-3-2-16/h11,16H,2-9,14H2,1H3/t11-/m1/s1.